The number of nitrogens with one attached hydrogen (secondary N) is 3. The molecule has 0 fully saturated rings. The third-order valence-electron chi connectivity index (χ3n) is 3.33. The number of unbranched alkanes of at least 4 members (excludes halogenated alkanes) is 2. The average molecular weight is 304 g/mol. The van der Waals surface area contributed by atoms with Crippen molar-refractivity contribution in [2.24, 2.45) is 4.99 Å². The van der Waals surface area contributed by atoms with E-state index in [2.05, 4.69) is 40.9 Å². The number of rotatable bonds is 8. The van der Waals surface area contributed by atoms with Gasteiger partial charge in [0.2, 0.25) is 5.91 Å². The highest BCUT2D eigenvalue weighted by molar-refractivity contribution is 5.95. The van der Waals surface area contributed by atoms with Gasteiger partial charge in [-0.05, 0) is 30.5 Å². The number of anilines is 1. The van der Waals surface area contributed by atoms with Gasteiger partial charge in [-0.3, -0.25) is 9.79 Å². The lowest BCUT2D eigenvalue weighted by Gasteiger charge is -2.12. The van der Waals surface area contributed by atoms with E-state index in [0.717, 1.165) is 25.1 Å². The van der Waals surface area contributed by atoms with E-state index >= 15 is 0 Å². The maximum atomic E-state index is 12.0. The SMILES string of the molecule is CCCCCNC(=NC)NCC(=O)Nc1cccc(CC)c1. The van der Waals surface area contributed by atoms with Gasteiger partial charge in [-0.2, -0.15) is 0 Å². The summed E-state index contributed by atoms with van der Waals surface area (Å²) in [5.74, 6) is 0.582. The van der Waals surface area contributed by atoms with E-state index in [0.29, 0.717) is 5.96 Å². The Morgan fingerprint density at radius 2 is 2.00 bits per heavy atom. The quantitative estimate of drug-likeness (QED) is 0.393. The summed E-state index contributed by atoms with van der Waals surface area (Å²) in [5, 5.41) is 9.11. The monoisotopic (exact) mass is 304 g/mol. The standard InChI is InChI=1S/C17H28N4O/c1-4-6-7-11-19-17(18-3)20-13-16(22)21-15-10-8-9-14(5-2)12-15/h8-10,12H,4-7,11,13H2,1-3H3,(H,21,22)(H2,18,19,20). The molecular weight excluding hydrogens is 276 g/mol. The van der Waals surface area contributed by atoms with Crippen molar-refractivity contribution >= 4 is 17.6 Å². The topological polar surface area (TPSA) is 65.5 Å². The van der Waals surface area contributed by atoms with Crippen molar-refractivity contribution in [2.75, 3.05) is 25.5 Å². The minimum atomic E-state index is -0.0789. The minimum absolute atomic E-state index is 0.0789. The van der Waals surface area contributed by atoms with Gasteiger partial charge in [0.1, 0.15) is 0 Å². The van der Waals surface area contributed by atoms with E-state index in [-0.39, 0.29) is 12.5 Å². The number of benzene rings is 1. The Hall–Kier alpha value is -2.04. The summed E-state index contributed by atoms with van der Waals surface area (Å²) in [4.78, 5) is 16.1. The third kappa shape index (κ3) is 7.11. The van der Waals surface area contributed by atoms with Crippen LogP contribution in [0.1, 0.15) is 38.7 Å². The lowest BCUT2D eigenvalue weighted by Crippen LogP contribution is -2.41. The Balaban J connectivity index is 2.34. The van der Waals surface area contributed by atoms with E-state index < -0.39 is 0 Å². The van der Waals surface area contributed by atoms with Crippen molar-refractivity contribution in [2.45, 2.75) is 39.5 Å². The number of aryl methyl sites for hydroxylation is 1. The number of hydrogen-bond donors (Lipinski definition) is 3. The van der Waals surface area contributed by atoms with Gasteiger partial charge in [0.25, 0.3) is 0 Å². The van der Waals surface area contributed by atoms with E-state index in [4.69, 9.17) is 0 Å². The Labute approximate surface area is 133 Å². The molecule has 0 saturated carbocycles. The molecule has 0 saturated heterocycles. The molecule has 1 aromatic carbocycles. The first-order valence-electron chi connectivity index (χ1n) is 8.02. The highest BCUT2D eigenvalue weighted by atomic mass is 16.1. The van der Waals surface area contributed by atoms with Crippen molar-refractivity contribution < 1.29 is 4.79 Å². The number of carbonyl (C=O) groups is 1. The maximum absolute atomic E-state index is 12.0. The zero-order valence-corrected chi connectivity index (χ0v) is 13.9. The Bertz CT molecular complexity index is 485. The van der Waals surface area contributed by atoms with Gasteiger partial charge < -0.3 is 16.0 Å². The second kappa shape index (κ2) is 10.7. The summed E-state index contributed by atoms with van der Waals surface area (Å²) >= 11 is 0. The molecule has 0 bridgehead atoms. The molecule has 22 heavy (non-hydrogen) atoms. The summed E-state index contributed by atoms with van der Waals surface area (Å²) in [6.45, 7) is 5.33. The smallest absolute Gasteiger partial charge is 0.243 e. The number of guanidine groups is 1. The first kappa shape index (κ1) is 18.0. The maximum Gasteiger partial charge on any atom is 0.243 e. The highest BCUT2D eigenvalue weighted by Crippen LogP contribution is 2.10. The first-order valence-corrected chi connectivity index (χ1v) is 8.02. The molecule has 3 N–H and O–H groups in total. The average Bonchev–Trinajstić information content (AvgIpc) is 2.54. The molecular formula is C17H28N4O. The van der Waals surface area contributed by atoms with Gasteiger partial charge in [-0.25, -0.2) is 0 Å². The fraction of sp³-hybridized carbons (Fsp3) is 0.529. The molecule has 5 heteroatoms. The van der Waals surface area contributed by atoms with Crippen LogP contribution >= 0.6 is 0 Å². The Morgan fingerprint density at radius 1 is 1.18 bits per heavy atom. The van der Waals surface area contributed by atoms with E-state index in [9.17, 15) is 4.79 Å². The summed E-state index contributed by atoms with van der Waals surface area (Å²) in [6, 6.07) is 7.90. The third-order valence-corrected chi connectivity index (χ3v) is 3.33. The zero-order valence-electron chi connectivity index (χ0n) is 13.9. The van der Waals surface area contributed by atoms with Crippen molar-refractivity contribution in [3.63, 3.8) is 0 Å². The van der Waals surface area contributed by atoms with Crippen LogP contribution in [-0.4, -0.2) is 32.0 Å². The molecule has 1 amide bonds. The normalized spacial score (nSPS) is 11.1. The van der Waals surface area contributed by atoms with Crippen LogP contribution in [0.3, 0.4) is 0 Å². The molecule has 1 rings (SSSR count). The second-order valence-electron chi connectivity index (χ2n) is 5.16. The molecule has 0 heterocycles. The number of hydrogen-bond acceptors (Lipinski definition) is 2. The van der Waals surface area contributed by atoms with Crippen molar-refractivity contribution in [3.8, 4) is 0 Å². The number of nitrogens with zero attached hydrogens (tertiary/aromatic N) is 1. The molecule has 0 atom stereocenters. The molecule has 0 aliphatic rings. The molecule has 122 valence electrons. The fourth-order valence-electron chi connectivity index (χ4n) is 2.04. The number of amides is 1. The highest BCUT2D eigenvalue weighted by Gasteiger charge is 2.04. The van der Waals surface area contributed by atoms with Crippen molar-refractivity contribution in [1.29, 1.82) is 0 Å². The Morgan fingerprint density at radius 3 is 2.68 bits per heavy atom. The first-order chi connectivity index (χ1) is 10.7. The predicted octanol–water partition coefficient (Wildman–Crippen LogP) is 2.54. The lowest BCUT2D eigenvalue weighted by molar-refractivity contribution is -0.115. The van der Waals surface area contributed by atoms with Gasteiger partial charge in [0.15, 0.2) is 5.96 Å². The van der Waals surface area contributed by atoms with Gasteiger partial charge in [0.05, 0.1) is 6.54 Å². The number of aliphatic imine (C=N–C) groups is 1. The zero-order chi connectivity index (χ0) is 16.2. The molecule has 0 aliphatic heterocycles. The number of carbonyl (C=O) groups excluding carboxylic acids is 1. The second-order valence-corrected chi connectivity index (χ2v) is 5.16. The lowest BCUT2D eigenvalue weighted by atomic mass is 10.1. The van der Waals surface area contributed by atoms with E-state index in [1.54, 1.807) is 7.05 Å². The fourth-order valence-corrected chi connectivity index (χ4v) is 2.04. The summed E-state index contributed by atoms with van der Waals surface area (Å²) in [6.07, 6.45) is 4.44. The molecule has 0 aromatic heterocycles. The molecule has 1 aromatic rings. The molecule has 0 unspecified atom stereocenters. The molecule has 0 radical (unpaired) electrons. The van der Waals surface area contributed by atoms with Gasteiger partial charge in [-0.15, -0.1) is 0 Å². The van der Waals surface area contributed by atoms with Crippen LogP contribution in [0.5, 0.6) is 0 Å². The van der Waals surface area contributed by atoms with Crippen molar-refractivity contribution in [3.05, 3.63) is 29.8 Å². The van der Waals surface area contributed by atoms with Crippen LogP contribution in [0.4, 0.5) is 5.69 Å². The van der Waals surface area contributed by atoms with Gasteiger partial charge in [0, 0.05) is 19.3 Å². The summed E-state index contributed by atoms with van der Waals surface area (Å²) in [5.41, 5.74) is 2.04. The van der Waals surface area contributed by atoms with Crippen LogP contribution < -0.4 is 16.0 Å². The summed E-state index contributed by atoms with van der Waals surface area (Å²) < 4.78 is 0. The largest absolute Gasteiger partial charge is 0.356 e. The van der Waals surface area contributed by atoms with Crippen LogP contribution in [-0.2, 0) is 11.2 Å². The van der Waals surface area contributed by atoms with E-state index in [1.165, 1.54) is 18.4 Å². The van der Waals surface area contributed by atoms with E-state index in [1.807, 2.05) is 18.2 Å². The Kier molecular flexibility index (Phi) is 8.72. The minimum Gasteiger partial charge on any atom is -0.356 e. The van der Waals surface area contributed by atoms with Gasteiger partial charge >= 0.3 is 0 Å². The molecule has 0 spiro atoms. The predicted molar refractivity (Wildman–Crippen MR) is 93.3 cm³/mol. The molecule has 5 nitrogen and oxygen atoms in total. The van der Waals surface area contributed by atoms with Crippen molar-refractivity contribution in [1.82, 2.24) is 10.6 Å². The molecule has 0 aliphatic carbocycles. The summed E-state index contributed by atoms with van der Waals surface area (Å²) in [7, 11) is 1.71. The van der Waals surface area contributed by atoms with Gasteiger partial charge in [-0.1, -0.05) is 38.8 Å². The van der Waals surface area contributed by atoms with Crippen LogP contribution in [0.2, 0.25) is 0 Å². The van der Waals surface area contributed by atoms with Crippen LogP contribution in [0.25, 0.3) is 0 Å². The van der Waals surface area contributed by atoms with Crippen LogP contribution in [0, 0.1) is 0 Å². The van der Waals surface area contributed by atoms with Crippen LogP contribution in [0.15, 0.2) is 29.3 Å².